The molecular weight excluding hydrogens is 382 g/mol. The number of halogens is 2. The van der Waals surface area contributed by atoms with Gasteiger partial charge in [-0.15, -0.1) is 0 Å². The zero-order valence-corrected chi connectivity index (χ0v) is 15.6. The smallest absolute Gasteiger partial charge is 0.344 e. The van der Waals surface area contributed by atoms with Crippen molar-refractivity contribution in [3.05, 3.63) is 63.9 Å². The average Bonchev–Trinajstić information content (AvgIpc) is 3.05. The van der Waals surface area contributed by atoms with E-state index in [-0.39, 0.29) is 40.1 Å². The summed E-state index contributed by atoms with van der Waals surface area (Å²) in [4.78, 5) is 31.0. The van der Waals surface area contributed by atoms with Crippen LogP contribution in [0.3, 0.4) is 0 Å². The highest BCUT2D eigenvalue weighted by Crippen LogP contribution is 2.37. The Labute approximate surface area is 163 Å². The van der Waals surface area contributed by atoms with Crippen molar-refractivity contribution in [2.45, 2.75) is 6.92 Å². The molecule has 0 aliphatic rings. The lowest BCUT2D eigenvalue weighted by molar-refractivity contribution is 0.0525. The minimum Gasteiger partial charge on any atom is -0.494 e. The summed E-state index contributed by atoms with van der Waals surface area (Å²) in [6.45, 7) is 1.64. The van der Waals surface area contributed by atoms with E-state index < -0.39 is 23.2 Å². The molecule has 0 unspecified atom stereocenters. The Morgan fingerprint density at radius 3 is 2.62 bits per heavy atom. The fourth-order valence-electron chi connectivity index (χ4n) is 3.42. The van der Waals surface area contributed by atoms with Crippen LogP contribution >= 0.6 is 0 Å². The van der Waals surface area contributed by atoms with Crippen molar-refractivity contribution < 1.29 is 23.0 Å². The molecule has 0 aliphatic carbocycles. The molecule has 0 amide bonds. The number of methoxy groups -OCH3 is 1. The van der Waals surface area contributed by atoms with E-state index in [0.29, 0.717) is 10.9 Å². The summed E-state index contributed by atoms with van der Waals surface area (Å²) < 4.78 is 38.9. The molecular formula is C21H16F2N2O4. The van der Waals surface area contributed by atoms with Gasteiger partial charge in [-0.05, 0) is 31.2 Å². The Balaban J connectivity index is 2.19. The van der Waals surface area contributed by atoms with E-state index in [1.165, 1.54) is 37.4 Å². The number of hydrogen-bond donors (Lipinski definition) is 2. The van der Waals surface area contributed by atoms with E-state index in [2.05, 4.69) is 9.97 Å². The van der Waals surface area contributed by atoms with E-state index in [9.17, 15) is 14.0 Å². The maximum atomic E-state index is 15.1. The monoisotopic (exact) mass is 398 g/mol. The number of H-pyrrole nitrogens is 2. The van der Waals surface area contributed by atoms with Gasteiger partial charge in [0.05, 0.1) is 24.8 Å². The van der Waals surface area contributed by atoms with Crippen molar-refractivity contribution >= 4 is 27.9 Å². The van der Waals surface area contributed by atoms with Crippen molar-refractivity contribution in [3.8, 4) is 16.9 Å². The summed E-state index contributed by atoms with van der Waals surface area (Å²) in [5.74, 6) is -2.18. The number of aromatic nitrogens is 2. The summed E-state index contributed by atoms with van der Waals surface area (Å²) in [6.07, 6.45) is 0. The Morgan fingerprint density at radius 1 is 1.10 bits per heavy atom. The highest BCUT2D eigenvalue weighted by Gasteiger charge is 2.26. The Kier molecular flexibility index (Phi) is 4.54. The van der Waals surface area contributed by atoms with Crippen LogP contribution in [-0.2, 0) is 4.74 Å². The average molecular weight is 398 g/mol. The summed E-state index contributed by atoms with van der Waals surface area (Å²) >= 11 is 0. The zero-order chi connectivity index (χ0) is 20.7. The predicted molar refractivity (Wildman–Crippen MR) is 104 cm³/mol. The van der Waals surface area contributed by atoms with Crippen LogP contribution in [0.4, 0.5) is 8.78 Å². The molecule has 2 heterocycles. The number of benzene rings is 2. The number of aromatic amines is 2. The van der Waals surface area contributed by atoms with Crippen LogP contribution in [0.25, 0.3) is 33.1 Å². The van der Waals surface area contributed by atoms with Crippen LogP contribution in [0, 0.1) is 11.6 Å². The van der Waals surface area contributed by atoms with E-state index >= 15 is 4.39 Å². The number of ether oxygens (including phenoxy) is 2. The third-order valence-electron chi connectivity index (χ3n) is 4.66. The molecule has 0 radical (unpaired) electrons. The van der Waals surface area contributed by atoms with Crippen molar-refractivity contribution in [2.24, 2.45) is 0 Å². The van der Waals surface area contributed by atoms with Crippen LogP contribution in [0.5, 0.6) is 5.75 Å². The van der Waals surface area contributed by atoms with Crippen LogP contribution in [0.1, 0.15) is 17.3 Å². The second kappa shape index (κ2) is 7.05. The molecule has 148 valence electrons. The molecule has 0 saturated carbocycles. The molecule has 6 nitrogen and oxygen atoms in total. The van der Waals surface area contributed by atoms with Crippen molar-refractivity contribution in [3.63, 3.8) is 0 Å². The largest absolute Gasteiger partial charge is 0.494 e. The van der Waals surface area contributed by atoms with E-state index in [4.69, 9.17) is 9.47 Å². The summed E-state index contributed by atoms with van der Waals surface area (Å²) in [7, 11) is 1.31. The molecule has 0 atom stereocenters. The second-order valence-electron chi connectivity index (χ2n) is 6.31. The Hall–Kier alpha value is -3.68. The number of carbonyl (C=O) groups excluding carboxylic acids is 1. The summed E-state index contributed by atoms with van der Waals surface area (Å²) in [6, 6.07) is 8.41. The lowest BCUT2D eigenvalue weighted by atomic mass is 9.98. The fourth-order valence-corrected chi connectivity index (χ4v) is 3.42. The zero-order valence-electron chi connectivity index (χ0n) is 15.6. The molecule has 0 bridgehead atoms. The minimum atomic E-state index is -0.891. The molecule has 4 rings (SSSR count). The molecule has 2 aromatic carbocycles. The first-order valence-electron chi connectivity index (χ1n) is 8.83. The lowest BCUT2D eigenvalue weighted by Crippen LogP contribution is -2.21. The van der Waals surface area contributed by atoms with Crippen LogP contribution in [-0.4, -0.2) is 29.7 Å². The van der Waals surface area contributed by atoms with Crippen molar-refractivity contribution in [2.75, 3.05) is 13.7 Å². The number of nitrogens with one attached hydrogen (secondary N) is 2. The van der Waals surface area contributed by atoms with Gasteiger partial charge in [0.15, 0.2) is 11.6 Å². The van der Waals surface area contributed by atoms with Gasteiger partial charge in [-0.1, -0.05) is 12.1 Å². The second-order valence-corrected chi connectivity index (χ2v) is 6.31. The Morgan fingerprint density at radius 2 is 1.90 bits per heavy atom. The minimum absolute atomic E-state index is 0.0180. The molecule has 2 aromatic heterocycles. The van der Waals surface area contributed by atoms with Crippen molar-refractivity contribution in [1.29, 1.82) is 0 Å². The standard InChI is InChI=1S/C21H16F2N2O4/c1-3-29-21(27)16-15(11-5-4-6-14(28-2)17(11)23)19-18(25-20(16)26)12-9-10(22)7-8-13(12)24-19/h4-9,24H,3H2,1-2H3,(H,25,26). The fraction of sp³-hybridized carbons (Fsp3) is 0.143. The number of hydrogen-bond acceptors (Lipinski definition) is 4. The molecule has 0 spiro atoms. The highest BCUT2D eigenvalue weighted by atomic mass is 19.1. The first-order chi connectivity index (χ1) is 14.0. The van der Waals surface area contributed by atoms with Gasteiger partial charge in [-0.2, -0.15) is 0 Å². The van der Waals surface area contributed by atoms with Gasteiger partial charge in [-0.3, -0.25) is 4.79 Å². The number of carbonyl (C=O) groups is 1. The molecule has 29 heavy (non-hydrogen) atoms. The first-order valence-corrected chi connectivity index (χ1v) is 8.83. The lowest BCUT2D eigenvalue weighted by Gasteiger charge is -2.12. The molecule has 8 heteroatoms. The maximum absolute atomic E-state index is 15.1. The SMILES string of the molecule is CCOC(=O)c1c(-c2cccc(OC)c2F)c2[nH]c3ccc(F)cc3c2[nH]c1=O. The third kappa shape index (κ3) is 2.93. The van der Waals surface area contributed by atoms with E-state index in [1.54, 1.807) is 13.0 Å². The third-order valence-corrected chi connectivity index (χ3v) is 4.66. The highest BCUT2D eigenvalue weighted by molar-refractivity contribution is 6.14. The van der Waals surface area contributed by atoms with Gasteiger partial charge >= 0.3 is 5.97 Å². The topological polar surface area (TPSA) is 84.2 Å². The number of pyridine rings is 1. The van der Waals surface area contributed by atoms with E-state index in [1.807, 2.05) is 0 Å². The maximum Gasteiger partial charge on any atom is 0.344 e. The van der Waals surface area contributed by atoms with Crippen LogP contribution in [0.2, 0.25) is 0 Å². The normalized spacial score (nSPS) is 11.2. The van der Waals surface area contributed by atoms with Gasteiger partial charge in [0, 0.05) is 22.0 Å². The predicted octanol–water partition coefficient (Wildman–Crippen LogP) is 4.14. The summed E-state index contributed by atoms with van der Waals surface area (Å²) in [5.41, 5.74) is -0.0552. The number of fused-ring (bicyclic) bond motifs is 3. The molecule has 0 fully saturated rings. The van der Waals surface area contributed by atoms with Crippen LogP contribution < -0.4 is 10.3 Å². The van der Waals surface area contributed by atoms with Gasteiger partial charge in [-0.25, -0.2) is 13.6 Å². The molecule has 2 N–H and O–H groups in total. The van der Waals surface area contributed by atoms with Gasteiger partial charge in [0.1, 0.15) is 11.4 Å². The summed E-state index contributed by atoms with van der Waals surface area (Å²) in [5, 5.41) is 0.400. The van der Waals surface area contributed by atoms with Gasteiger partial charge < -0.3 is 19.4 Å². The number of esters is 1. The number of rotatable bonds is 4. The van der Waals surface area contributed by atoms with E-state index in [0.717, 1.165) is 0 Å². The quantitative estimate of drug-likeness (QED) is 0.506. The molecule has 0 aliphatic heterocycles. The van der Waals surface area contributed by atoms with Crippen LogP contribution in [0.15, 0.2) is 41.2 Å². The van der Waals surface area contributed by atoms with Crippen molar-refractivity contribution in [1.82, 2.24) is 9.97 Å². The van der Waals surface area contributed by atoms with Gasteiger partial charge in [0.25, 0.3) is 5.56 Å². The Bertz CT molecular complexity index is 1320. The molecule has 4 aromatic rings. The molecule has 0 saturated heterocycles. The first kappa shape index (κ1) is 18.7. The van der Waals surface area contributed by atoms with Gasteiger partial charge in [0.2, 0.25) is 0 Å².